The lowest BCUT2D eigenvalue weighted by molar-refractivity contribution is 0.0995. The second-order valence-corrected chi connectivity index (χ2v) is 3.77. The van der Waals surface area contributed by atoms with Gasteiger partial charge in [0.2, 0.25) is 0 Å². The predicted molar refractivity (Wildman–Crippen MR) is 61.1 cm³/mol. The number of aromatic nitrogens is 1. The van der Waals surface area contributed by atoms with E-state index in [0.717, 1.165) is 0 Å². The molecule has 1 heterocycles. The third-order valence-electron chi connectivity index (χ3n) is 2.11. The number of hydrogen-bond acceptors (Lipinski definition) is 2. The quantitative estimate of drug-likeness (QED) is 0.845. The summed E-state index contributed by atoms with van der Waals surface area (Å²) in [7, 11) is 0. The molecule has 0 aliphatic rings. The Morgan fingerprint density at radius 1 is 1.33 bits per heavy atom. The van der Waals surface area contributed by atoms with Gasteiger partial charge in [-0.2, -0.15) is 0 Å². The molecule has 4 nitrogen and oxygen atoms in total. The molecule has 5 heteroatoms. The number of fused-ring (bicyclic) bond motifs is 1. The van der Waals surface area contributed by atoms with Crippen molar-refractivity contribution < 1.29 is 4.79 Å². The molecule has 15 heavy (non-hydrogen) atoms. The van der Waals surface area contributed by atoms with Gasteiger partial charge in [-0.3, -0.25) is 13.2 Å². The third kappa shape index (κ3) is 1.55. The minimum absolute atomic E-state index is 0.138. The molecule has 0 radical (unpaired) electrons. The summed E-state index contributed by atoms with van der Waals surface area (Å²) >= 11 is 3.19. The number of amides is 1. The number of nitrogens with two attached hydrogens (primary N) is 1. The van der Waals surface area contributed by atoms with Gasteiger partial charge in [-0.25, -0.2) is 0 Å². The summed E-state index contributed by atoms with van der Waals surface area (Å²) in [6.07, 6.45) is 0. The van der Waals surface area contributed by atoms with E-state index in [0.29, 0.717) is 10.9 Å². The van der Waals surface area contributed by atoms with Gasteiger partial charge in [-0.15, -0.1) is 0 Å². The average molecular weight is 267 g/mol. The molecule has 0 fully saturated rings. The van der Waals surface area contributed by atoms with Crippen LogP contribution < -0.4 is 11.2 Å². The Kier molecular flexibility index (Phi) is 2.32. The molecule has 0 atom stereocenters. The van der Waals surface area contributed by atoms with E-state index in [2.05, 4.69) is 16.1 Å². The van der Waals surface area contributed by atoms with Crippen molar-refractivity contribution in [2.75, 3.05) is 0 Å². The van der Waals surface area contributed by atoms with E-state index in [1.165, 1.54) is 9.66 Å². The molecule has 0 saturated carbocycles. The number of carbonyl (C=O) groups is 1. The fourth-order valence-corrected chi connectivity index (χ4v) is 2.00. The predicted octanol–water partition coefficient (Wildman–Crippen LogP) is 1.26. The van der Waals surface area contributed by atoms with Crippen molar-refractivity contribution in [2.45, 2.75) is 0 Å². The van der Waals surface area contributed by atoms with Crippen LogP contribution in [0, 0.1) is 0 Å². The Labute approximate surface area is 93.6 Å². The van der Waals surface area contributed by atoms with Crippen LogP contribution in [-0.2, 0) is 0 Å². The number of hydrogen-bond donors (Lipinski definition) is 1. The molecule has 76 valence electrons. The van der Waals surface area contributed by atoms with Crippen LogP contribution in [0.2, 0.25) is 0 Å². The fourth-order valence-electron chi connectivity index (χ4n) is 1.41. The van der Waals surface area contributed by atoms with Gasteiger partial charge in [-0.1, -0.05) is 12.1 Å². The second kappa shape index (κ2) is 3.51. The highest BCUT2D eigenvalue weighted by molar-refractivity contribution is 9.08. The lowest BCUT2D eigenvalue weighted by Crippen LogP contribution is -2.19. The third-order valence-corrected chi connectivity index (χ3v) is 2.88. The van der Waals surface area contributed by atoms with Crippen LogP contribution in [0.1, 0.15) is 10.5 Å². The molecule has 0 saturated heterocycles. The van der Waals surface area contributed by atoms with Gasteiger partial charge in [0, 0.05) is 11.5 Å². The summed E-state index contributed by atoms with van der Waals surface area (Å²) in [5.74, 6) is -0.644. The first kappa shape index (κ1) is 9.92. The van der Waals surface area contributed by atoms with Crippen LogP contribution in [-0.4, -0.2) is 9.50 Å². The van der Waals surface area contributed by atoms with Crippen molar-refractivity contribution in [2.24, 2.45) is 5.73 Å². The number of nitrogens with zero attached hydrogens (tertiary/aromatic N) is 1. The summed E-state index contributed by atoms with van der Waals surface area (Å²) in [4.78, 5) is 22.7. The number of rotatable bonds is 1. The first-order chi connectivity index (χ1) is 7.11. The Balaban J connectivity index is 2.97. The minimum Gasteiger partial charge on any atom is -0.364 e. The van der Waals surface area contributed by atoms with Crippen molar-refractivity contribution in [3.05, 3.63) is 46.2 Å². The van der Waals surface area contributed by atoms with Crippen LogP contribution >= 0.6 is 16.1 Å². The van der Waals surface area contributed by atoms with Gasteiger partial charge in [0.1, 0.15) is 5.69 Å². The van der Waals surface area contributed by atoms with E-state index in [9.17, 15) is 9.59 Å². The summed E-state index contributed by atoms with van der Waals surface area (Å²) in [5, 5.41) is 0.541. The standard InChI is InChI=1S/C10H7BrN2O2/c11-13-7-4-2-1-3-6(7)9(14)5-8(13)10(12)15/h1-5H,(H2,12,15). The van der Waals surface area contributed by atoms with Crippen LogP contribution in [0.25, 0.3) is 10.9 Å². The van der Waals surface area contributed by atoms with E-state index >= 15 is 0 Å². The molecular weight excluding hydrogens is 260 g/mol. The van der Waals surface area contributed by atoms with Gasteiger partial charge >= 0.3 is 0 Å². The second-order valence-electron chi connectivity index (χ2n) is 3.06. The smallest absolute Gasteiger partial charge is 0.266 e. The molecule has 0 unspecified atom stereocenters. The minimum atomic E-state index is -0.644. The zero-order valence-corrected chi connectivity index (χ0v) is 9.19. The fraction of sp³-hybridized carbons (Fsp3) is 0. The first-order valence-corrected chi connectivity index (χ1v) is 4.93. The Morgan fingerprint density at radius 3 is 2.67 bits per heavy atom. The molecule has 0 bridgehead atoms. The summed E-state index contributed by atoms with van der Waals surface area (Å²) in [6, 6.07) is 8.20. The zero-order chi connectivity index (χ0) is 11.0. The van der Waals surface area contributed by atoms with Crippen LogP contribution in [0.3, 0.4) is 0 Å². The Morgan fingerprint density at radius 2 is 2.00 bits per heavy atom. The van der Waals surface area contributed by atoms with Crippen molar-refractivity contribution in [3.8, 4) is 0 Å². The van der Waals surface area contributed by atoms with Gasteiger partial charge in [-0.05, 0) is 12.1 Å². The number of pyridine rings is 1. The lowest BCUT2D eigenvalue weighted by Gasteiger charge is -2.06. The van der Waals surface area contributed by atoms with Crippen LogP contribution in [0.5, 0.6) is 0 Å². The average Bonchev–Trinajstić information content (AvgIpc) is 2.23. The number of benzene rings is 1. The molecule has 2 aromatic rings. The van der Waals surface area contributed by atoms with Crippen molar-refractivity contribution in [1.82, 2.24) is 3.59 Å². The summed E-state index contributed by atoms with van der Waals surface area (Å²) in [6.45, 7) is 0. The zero-order valence-electron chi connectivity index (χ0n) is 7.61. The lowest BCUT2D eigenvalue weighted by atomic mass is 10.2. The Bertz CT molecular complexity index is 604. The number of halogens is 1. The van der Waals surface area contributed by atoms with Gasteiger partial charge in [0.15, 0.2) is 5.43 Å². The molecule has 1 aromatic carbocycles. The Hall–Kier alpha value is -1.62. The normalized spacial score (nSPS) is 10.5. The maximum atomic E-state index is 11.6. The molecule has 0 aliphatic heterocycles. The molecular formula is C10H7BrN2O2. The number of carbonyl (C=O) groups excluding carboxylic acids is 1. The van der Waals surface area contributed by atoms with Crippen molar-refractivity contribution >= 4 is 33.0 Å². The van der Waals surface area contributed by atoms with Gasteiger partial charge in [0.05, 0.1) is 21.7 Å². The molecule has 0 aliphatic carbocycles. The van der Waals surface area contributed by atoms with Crippen molar-refractivity contribution in [3.63, 3.8) is 0 Å². The maximum Gasteiger partial charge on any atom is 0.266 e. The first-order valence-electron chi connectivity index (χ1n) is 4.22. The van der Waals surface area contributed by atoms with Crippen molar-refractivity contribution in [1.29, 1.82) is 0 Å². The van der Waals surface area contributed by atoms with Gasteiger partial charge < -0.3 is 5.73 Å². The van der Waals surface area contributed by atoms with E-state index in [4.69, 9.17) is 5.73 Å². The van der Waals surface area contributed by atoms with Crippen LogP contribution in [0.4, 0.5) is 0 Å². The highest BCUT2D eigenvalue weighted by Crippen LogP contribution is 2.14. The largest absolute Gasteiger partial charge is 0.364 e. The molecule has 0 spiro atoms. The number of para-hydroxylation sites is 1. The van der Waals surface area contributed by atoms with E-state index in [1.54, 1.807) is 24.3 Å². The number of primary amides is 1. The highest BCUT2D eigenvalue weighted by atomic mass is 79.9. The topological polar surface area (TPSA) is 65.1 Å². The van der Waals surface area contributed by atoms with E-state index in [-0.39, 0.29) is 11.1 Å². The SMILES string of the molecule is NC(=O)c1cc(=O)c2ccccc2n1Br. The van der Waals surface area contributed by atoms with E-state index < -0.39 is 5.91 Å². The monoisotopic (exact) mass is 266 g/mol. The molecule has 2 N–H and O–H groups in total. The summed E-state index contributed by atoms with van der Waals surface area (Å²) < 4.78 is 1.44. The molecule has 1 amide bonds. The molecule has 2 rings (SSSR count). The molecule has 1 aromatic heterocycles. The van der Waals surface area contributed by atoms with E-state index in [1.807, 2.05) is 0 Å². The highest BCUT2D eigenvalue weighted by Gasteiger charge is 2.10. The van der Waals surface area contributed by atoms with Gasteiger partial charge in [0.25, 0.3) is 5.91 Å². The maximum absolute atomic E-state index is 11.6. The van der Waals surface area contributed by atoms with Crippen LogP contribution in [0.15, 0.2) is 35.1 Å². The summed E-state index contributed by atoms with van der Waals surface area (Å²) in [5.41, 5.74) is 5.69.